The number of ether oxygens (including phenoxy) is 2. The van der Waals surface area contributed by atoms with Gasteiger partial charge in [0, 0.05) is 13.1 Å². The minimum absolute atomic E-state index is 0.103. The van der Waals surface area contributed by atoms with Crippen LogP contribution in [0.5, 0.6) is 5.75 Å². The van der Waals surface area contributed by atoms with E-state index < -0.39 is 0 Å². The van der Waals surface area contributed by atoms with Gasteiger partial charge in [-0.25, -0.2) is 0 Å². The average Bonchev–Trinajstić information content (AvgIpc) is 2.77. The molecule has 1 aliphatic rings. The molecule has 30 heavy (non-hydrogen) atoms. The summed E-state index contributed by atoms with van der Waals surface area (Å²) < 4.78 is 10.8. The first kappa shape index (κ1) is 19.7. The molecule has 1 amide bonds. The van der Waals surface area contributed by atoms with Crippen molar-refractivity contribution in [1.82, 2.24) is 4.90 Å². The van der Waals surface area contributed by atoms with Crippen molar-refractivity contribution in [3.8, 4) is 5.75 Å². The Balaban J connectivity index is 1.46. The van der Waals surface area contributed by atoms with Gasteiger partial charge < -0.3 is 14.4 Å². The molecule has 1 atom stereocenters. The van der Waals surface area contributed by atoms with Crippen molar-refractivity contribution in [2.24, 2.45) is 0 Å². The van der Waals surface area contributed by atoms with Gasteiger partial charge in [0.05, 0.1) is 19.6 Å². The van der Waals surface area contributed by atoms with Gasteiger partial charge >= 0.3 is 5.97 Å². The van der Waals surface area contributed by atoms with Gasteiger partial charge in [-0.2, -0.15) is 0 Å². The number of fused-ring (bicyclic) bond motifs is 2. The highest BCUT2D eigenvalue weighted by atomic mass is 16.5. The summed E-state index contributed by atoms with van der Waals surface area (Å²) in [6.07, 6.45) is 3.73. The third-order valence-corrected chi connectivity index (χ3v) is 5.34. The largest absolute Gasteiger partial charge is 0.497 e. The van der Waals surface area contributed by atoms with Gasteiger partial charge in [0.2, 0.25) is 5.91 Å². The van der Waals surface area contributed by atoms with Crippen molar-refractivity contribution < 1.29 is 19.1 Å². The molecule has 0 radical (unpaired) electrons. The summed E-state index contributed by atoms with van der Waals surface area (Å²) in [7, 11) is 1.64. The Labute approximate surface area is 175 Å². The van der Waals surface area contributed by atoms with Crippen LogP contribution < -0.4 is 4.74 Å². The van der Waals surface area contributed by atoms with Gasteiger partial charge in [0.25, 0.3) is 0 Å². The van der Waals surface area contributed by atoms with Crippen LogP contribution in [0.1, 0.15) is 36.1 Å². The number of rotatable bonds is 5. The zero-order valence-electron chi connectivity index (χ0n) is 17.0. The summed E-state index contributed by atoms with van der Waals surface area (Å²) in [5, 5.41) is 2.12. The highest BCUT2D eigenvalue weighted by Crippen LogP contribution is 2.33. The smallest absolute Gasteiger partial charge is 0.308 e. The van der Waals surface area contributed by atoms with E-state index in [0.29, 0.717) is 0 Å². The topological polar surface area (TPSA) is 55.8 Å². The molecule has 0 aromatic heterocycles. The zero-order chi connectivity index (χ0) is 21.1. The molecule has 1 aliphatic heterocycles. The third-order valence-electron chi connectivity index (χ3n) is 5.34. The Morgan fingerprint density at radius 2 is 1.77 bits per heavy atom. The second-order valence-corrected chi connectivity index (χ2v) is 7.30. The summed E-state index contributed by atoms with van der Waals surface area (Å²) in [6, 6.07) is 19.2. The van der Waals surface area contributed by atoms with E-state index in [1.165, 1.54) is 6.92 Å². The first-order valence-electron chi connectivity index (χ1n) is 9.83. The first-order valence-corrected chi connectivity index (χ1v) is 9.83. The summed E-state index contributed by atoms with van der Waals surface area (Å²) in [4.78, 5) is 26.3. The van der Waals surface area contributed by atoms with Crippen LogP contribution in [0.25, 0.3) is 16.8 Å². The predicted octanol–water partition coefficient (Wildman–Crippen LogP) is 4.86. The number of carbonyl (C=O) groups excluding carboxylic acids is 2. The molecule has 3 aromatic rings. The lowest BCUT2D eigenvalue weighted by Gasteiger charge is -2.32. The fourth-order valence-electron chi connectivity index (χ4n) is 3.78. The summed E-state index contributed by atoms with van der Waals surface area (Å²) in [5.74, 6) is 0.355. The maximum atomic E-state index is 12.6. The van der Waals surface area contributed by atoms with E-state index in [0.717, 1.165) is 33.2 Å². The standard InChI is InChI=1S/C25H23NO4/c1-17(27)26-12-11-19-5-3-4-6-23(19)24(26)15-25(28)30-16-18-7-8-21-14-22(29-2)10-9-20(21)13-18/h3-14,24H,15-16H2,1-2H3. The highest BCUT2D eigenvalue weighted by molar-refractivity contribution is 5.84. The van der Waals surface area contributed by atoms with E-state index in [9.17, 15) is 9.59 Å². The van der Waals surface area contributed by atoms with Crippen molar-refractivity contribution in [3.05, 3.63) is 83.6 Å². The summed E-state index contributed by atoms with van der Waals surface area (Å²) in [5.41, 5.74) is 2.87. The van der Waals surface area contributed by atoms with Crippen molar-refractivity contribution in [2.45, 2.75) is 26.0 Å². The zero-order valence-corrected chi connectivity index (χ0v) is 17.0. The molecule has 0 bridgehead atoms. The number of benzene rings is 3. The molecule has 0 aliphatic carbocycles. The van der Waals surface area contributed by atoms with Crippen molar-refractivity contribution in [2.75, 3.05) is 7.11 Å². The van der Waals surface area contributed by atoms with Crippen LogP contribution in [-0.4, -0.2) is 23.9 Å². The Hall–Kier alpha value is -3.60. The molecule has 1 unspecified atom stereocenters. The van der Waals surface area contributed by atoms with Gasteiger partial charge in [-0.05, 0) is 51.7 Å². The Morgan fingerprint density at radius 1 is 1.00 bits per heavy atom. The molecule has 0 fully saturated rings. The van der Waals surface area contributed by atoms with Crippen LogP contribution in [0.3, 0.4) is 0 Å². The lowest BCUT2D eigenvalue weighted by molar-refractivity contribution is -0.146. The summed E-state index contributed by atoms with van der Waals surface area (Å²) in [6.45, 7) is 1.69. The number of methoxy groups -OCH3 is 1. The van der Waals surface area contributed by atoms with Crippen molar-refractivity contribution in [3.63, 3.8) is 0 Å². The van der Waals surface area contributed by atoms with Gasteiger partial charge in [-0.15, -0.1) is 0 Å². The van der Waals surface area contributed by atoms with E-state index in [4.69, 9.17) is 9.47 Å². The van der Waals surface area contributed by atoms with Gasteiger partial charge in [0.15, 0.2) is 0 Å². The molecule has 4 rings (SSSR count). The number of carbonyl (C=O) groups is 2. The fourth-order valence-corrected chi connectivity index (χ4v) is 3.78. The lowest BCUT2D eigenvalue weighted by atomic mass is 9.94. The van der Waals surface area contributed by atoms with Gasteiger partial charge in [-0.1, -0.05) is 42.5 Å². The quantitative estimate of drug-likeness (QED) is 0.573. The average molecular weight is 401 g/mol. The Bertz CT molecular complexity index is 1130. The normalized spacial score (nSPS) is 15.0. The fraction of sp³-hybridized carbons (Fsp3) is 0.200. The third kappa shape index (κ3) is 4.06. The second kappa shape index (κ2) is 8.41. The van der Waals surface area contributed by atoms with E-state index in [1.807, 2.05) is 66.7 Å². The highest BCUT2D eigenvalue weighted by Gasteiger charge is 2.28. The molecule has 0 saturated carbocycles. The minimum Gasteiger partial charge on any atom is -0.497 e. The van der Waals surface area contributed by atoms with Crippen molar-refractivity contribution >= 4 is 28.7 Å². The van der Waals surface area contributed by atoms with Crippen LogP contribution in [0.4, 0.5) is 0 Å². The second-order valence-electron chi connectivity index (χ2n) is 7.30. The van der Waals surface area contributed by atoms with Crippen LogP contribution in [0.2, 0.25) is 0 Å². The molecule has 3 aromatic carbocycles. The molecule has 0 spiro atoms. The SMILES string of the molecule is COc1ccc2cc(COC(=O)CC3c4ccccc4C=CN3C(C)=O)ccc2c1. The molecular formula is C25H23NO4. The molecule has 0 saturated heterocycles. The Kier molecular flexibility index (Phi) is 5.53. The maximum absolute atomic E-state index is 12.6. The number of hydrogen-bond donors (Lipinski definition) is 0. The van der Waals surface area contributed by atoms with Crippen molar-refractivity contribution in [1.29, 1.82) is 0 Å². The van der Waals surface area contributed by atoms with Gasteiger partial charge in [0.1, 0.15) is 12.4 Å². The first-order chi connectivity index (χ1) is 14.5. The molecule has 5 nitrogen and oxygen atoms in total. The molecule has 1 heterocycles. The van der Waals surface area contributed by atoms with Crippen LogP contribution in [0.15, 0.2) is 66.9 Å². The van der Waals surface area contributed by atoms with E-state index in [-0.39, 0.29) is 30.9 Å². The lowest BCUT2D eigenvalue weighted by Crippen LogP contribution is -2.32. The molecule has 152 valence electrons. The molecule has 0 N–H and O–H groups in total. The van der Waals surface area contributed by atoms with Crippen LogP contribution >= 0.6 is 0 Å². The number of esters is 1. The van der Waals surface area contributed by atoms with E-state index in [2.05, 4.69) is 0 Å². The van der Waals surface area contributed by atoms with E-state index in [1.54, 1.807) is 18.2 Å². The Morgan fingerprint density at radius 3 is 2.57 bits per heavy atom. The van der Waals surface area contributed by atoms with E-state index >= 15 is 0 Å². The minimum atomic E-state index is -0.361. The van der Waals surface area contributed by atoms with Crippen LogP contribution in [0, 0.1) is 0 Å². The van der Waals surface area contributed by atoms with Gasteiger partial charge in [-0.3, -0.25) is 9.59 Å². The summed E-state index contributed by atoms with van der Waals surface area (Å²) >= 11 is 0. The maximum Gasteiger partial charge on any atom is 0.308 e. The molecular weight excluding hydrogens is 378 g/mol. The van der Waals surface area contributed by atoms with Crippen LogP contribution in [-0.2, 0) is 20.9 Å². The molecule has 5 heteroatoms. The predicted molar refractivity (Wildman–Crippen MR) is 116 cm³/mol. The number of nitrogens with zero attached hydrogens (tertiary/aromatic N) is 1. The monoisotopic (exact) mass is 401 g/mol. The number of amides is 1. The number of hydrogen-bond acceptors (Lipinski definition) is 4.